The Morgan fingerprint density at radius 3 is 2.62 bits per heavy atom. The van der Waals surface area contributed by atoms with Crippen molar-refractivity contribution in [3.05, 3.63) is 35.6 Å². The van der Waals surface area contributed by atoms with E-state index in [4.69, 9.17) is 5.11 Å². The Balaban J connectivity index is 2.31. The molecule has 0 aliphatic carbocycles. The highest BCUT2D eigenvalue weighted by Crippen LogP contribution is 2.25. The van der Waals surface area contributed by atoms with E-state index in [1.807, 2.05) is 13.8 Å². The van der Waals surface area contributed by atoms with Crippen molar-refractivity contribution in [1.29, 1.82) is 0 Å². The predicted octanol–water partition coefficient (Wildman–Crippen LogP) is 2.77. The van der Waals surface area contributed by atoms with Crippen molar-refractivity contribution >= 4 is 11.9 Å². The molecule has 0 spiro atoms. The Hall–Kier alpha value is -1.91. The molecule has 4 nitrogen and oxygen atoms in total. The molecule has 0 atom stereocenters. The number of carbonyl (C=O) groups is 2. The Labute approximate surface area is 124 Å². The van der Waals surface area contributed by atoms with E-state index in [2.05, 4.69) is 5.32 Å². The summed E-state index contributed by atoms with van der Waals surface area (Å²) in [5, 5.41) is 11.5. The molecule has 1 amide bonds. The molecule has 2 N–H and O–H groups in total. The van der Waals surface area contributed by atoms with Gasteiger partial charge in [-0.15, -0.1) is 0 Å². The van der Waals surface area contributed by atoms with Crippen LogP contribution in [0, 0.1) is 11.2 Å². The fourth-order valence-electron chi connectivity index (χ4n) is 2.01. The molecule has 1 aromatic carbocycles. The lowest BCUT2D eigenvalue weighted by atomic mass is 9.84. The van der Waals surface area contributed by atoms with Gasteiger partial charge in [-0.3, -0.25) is 9.59 Å². The monoisotopic (exact) mass is 295 g/mol. The summed E-state index contributed by atoms with van der Waals surface area (Å²) in [6.07, 6.45) is 1.55. The Morgan fingerprint density at radius 2 is 2.00 bits per heavy atom. The molecule has 0 heterocycles. The molecule has 0 fully saturated rings. The van der Waals surface area contributed by atoms with Crippen molar-refractivity contribution in [2.75, 3.05) is 6.54 Å². The van der Waals surface area contributed by atoms with Gasteiger partial charge in [0.15, 0.2) is 0 Å². The van der Waals surface area contributed by atoms with E-state index in [-0.39, 0.29) is 30.0 Å². The summed E-state index contributed by atoms with van der Waals surface area (Å²) < 4.78 is 13.0. The summed E-state index contributed by atoms with van der Waals surface area (Å²) in [5.74, 6) is -1.32. The number of carboxylic acid groups (broad SMARTS) is 1. The van der Waals surface area contributed by atoms with Crippen LogP contribution >= 0.6 is 0 Å². The maximum Gasteiger partial charge on any atom is 0.303 e. The van der Waals surface area contributed by atoms with Crippen LogP contribution in [0.2, 0.25) is 0 Å². The highest BCUT2D eigenvalue weighted by Gasteiger charge is 2.19. The van der Waals surface area contributed by atoms with E-state index in [1.165, 1.54) is 12.1 Å². The number of hydrogen-bond donors (Lipinski definition) is 2. The highest BCUT2D eigenvalue weighted by atomic mass is 19.1. The lowest BCUT2D eigenvalue weighted by molar-refractivity contribution is -0.137. The van der Waals surface area contributed by atoms with Gasteiger partial charge in [0.1, 0.15) is 5.82 Å². The second-order valence-corrected chi connectivity index (χ2v) is 5.96. The molecule has 0 radical (unpaired) electrons. The van der Waals surface area contributed by atoms with Crippen LogP contribution in [0.15, 0.2) is 24.3 Å². The number of rotatable bonds is 8. The zero-order valence-corrected chi connectivity index (χ0v) is 12.5. The molecule has 0 saturated carbocycles. The summed E-state index contributed by atoms with van der Waals surface area (Å²) in [6.45, 7) is 4.45. The zero-order valence-electron chi connectivity index (χ0n) is 12.5. The predicted molar refractivity (Wildman–Crippen MR) is 78.4 cm³/mol. The number of nitrogens with one attached hydrogen (secondary N) is 1. The fourth-order valence-corrected chi connectivity index (χ4v) is 2.01. The molecule has 1 aromatic rings. The smallest absolute Gasteiger partial charge is 0.303 e. The van der Waals surface area contributed by atoms with Gasteiger partial charge >= 0.3 is 5.97 Å². The number of benzene rings is 1. The Morgan fingerprint density at radius 1 is 1.29 bits per heavy atom. The molecule has 0 saturated heterocycles. The molecule has 0 bridgehead atoms. The van der Waals surface area contributed by atoms with Crippen LogP contribution in [-0.2, 0) is 16.0 Å². The normalized spacial score (nSPS) is 11.2. The average molecular weight is 295 g/mol. The summed E-state index contributed by atoms with van der Waals surface area (Å²) in [7, 11) is 0. The molecule has 116 valence electrons. The fraction of sp³-hybridized carbons (Fsp3) is 0.500. The summed E-state index contributed by atoms with van der Waals surface area (Å²) in [4.78, 5) is 22.3. The molecular weight excluding hydrogens is 273 g/mol. The first-order valence-electron chi connectivity index (χ1n) is 7.01. The number of aliphatic carboxylic acids is 1. The van der Waals surface area contributed by atoms with Crippen LogP contribution in [-0.4, -0.2) is 23.5 Å². The minimum atomic E-state index is -0.807. The quantitative estimate of drug-likeness (QED) is 0.775. The first kappa shape index (κ1) is 17.1. The minimum absolute atomic E-state index is 0.129. The van der Waals surface area contributed by atoms with Crippen LogP contribution in [0.25, 0.3) is 0 Å². The number of hydrogen-bond acceptors (Lipinski definition) is 2. The van der Waals surface area contributed by atoms with Crippen molar-refractivity contribution in [2.45, 2.75) is 39.5 Å². The van der Waals surface area contributed by atoms with E-state index in [1.54, 1.807) is 12.1 Å². The molecule has 5 heteroatoms. The average Bonchev–Trinajstić information content (AvgIpc) is 2.36. The van der Waals surface area contributed by atoms with Crippen LogP contribution in [0.4, 0.5) is 4.39 Å². The summed E-state index contributed by atoms with van der Waals surface area (Å²) >= 11 is 0. The van der Waals surface area contributed by atoms with Gasteiger partial charge in [-0.2, -0.15) is 0 Å². The van der Waals surface area contributed by atoms with Crippen LogP contribution in [0.5, 0.6) is 0 Å². The maximum absolute atomic E-state index is 13.0. The minimum Gasteiger partial charge on any atom is -0.481 e. The zero-order chi connectivity index (χ0) is 15.9. The van der Waals surface area contributed by atoms with Gasteiger partial charge in [0.05, 0.1) is 6.42 Å². The molecule has 0 aliphatic rings. The van der Waals surface area contributed by atoms with E-state index in [0.717, 1.165) is 0 Å². The van der Waals surface area contributed by atoms with E-state index < -0.39 is 5.97 Å². The third kappa shape index (κ3) is 7.44. The molecule has 0 aliphatic heterocycles. The number of carbonyl (C=O) groups excluding carboxylic acids is 1. The third-order valence-corrected chi connectivity index (χ3v) is 3.39. The summed E-state index contributed by atoms with van der Waals surface area (Å²) in [6, 6.07) is 5.97. The molecule has 1 rings (SSSR count). The number of amides is 1. The standard InChI is InChI=1S/C16H22FNO3/c1-16(2,7-6-15(20)21)8-9-18-14(19)11-12-4-3-5-13(17)10-12/h3-5,10H,6-9,11H2,1-2H3,(H,18,19)(H,20,21). The van der Waals surface area contributed by atoms with E-state index in [0.29, 0.717) is 24.9 Å². The first-order valence-corrected chi connectivity index (χ1v) is 7.01. The lowest BCUT2D eigenvalue weighted by Crippen LogP contribution is -2.29. The highest BCUT2D eigenvalue weighted by molar-refractivity contribution is 5.78. The van der Waals surface area contributed by atoms with Gasteiger partial charge in [0, 0.05) is 13.0 Å². The Bertz CT molecular complexity index is 500. The first-order chi connectivity index (χ1) is 9.78. The van der Waals surface area contributed by atoms with Gasteiger partial charge in [0.25, 0.3) is 0 Å². The Kier molecular flexibility index (Phi) is 6.34. The van der Waals surface area contributed by atoms with Crippen LogP contribution < -0.4 is 5.32 Å². The lowest BCUT2D eigenvalue weighted by Gasteiger charge is -2.23. The largest absolute Gasteiger partial charge is 0.481 e. The summed E-state index contributed by atoms with van der Waals surface area (Å²) in [5.41, 5.74) is 0.502. The van der Waals surface area contributed by atoms with E-state index >= 15 is 0 Å². The van der Waals surface area contributed by atoms with Crippen molar-refractivity contribution < 1.29 is 19.1 Å². The topological polar surface area (TPSA) is 66.4 Å². The molecule has 21 heavy (non-hydrogen) atoms. The van der Waals surface area contributed by atoms with Gasteiger partial charge in [-0.1, -0.05) is 26.0 Å². The van der Waals surface area contributed by atoms with Crippen molar-refractivity contribution in [1.82, 2.24) is 5.32 Å². The van der Waals surface area contributed by atoms with Gasteiger partial charge in [0.2, 0.25) is 5.91 Å². The second-order valence-electron chi connectivity index (χ2n) is 5.96. The maximum atomic E-state index is 13.0. The van der Waals surface area contributed by atoms with Crippen molar-refractivity contribution in [3.63, 3.8) is 0 Å². The SMILES string of the molecule is CC(C)(CCNC(=O)Cc1cccc(F)c1)CCC(=O)O. The molecule has 0 aromatic heterocycles. The van der Waals surface area contributed by atoms with Gasteiger partial charge in [-0.05, 0) is 36.0 Å². The number of halogens is 1. The van der Waals surface area contributed by atoms with Crippen molar-refractivity contribution in [2.24, 2.45) is 5.41 Å². The van der Waals surface area contributed by atoms with Gasteiger partial charge < -0.3 is 10.4 Å². The second kappa shape index (κ2) is 7.76. The van der Waals surface area contributed by atoms with Crippen LogP contribution in [0.1, 0.15) is 38.7 Å². The third-order valence-electron chi connectivity index (χ3n) is 3.39. The molecular formula is C16H22FNO3. The number of carboxylic acids is 1. The van der Waals surface area contributed by atoms with Crippen molar-refractivity contribution in [3.8, 4) is 0 Å². The van der Waals surface area contributed by atoms with E-state index in [9.17, 15) is 14.0 Å². The molecule has 0 unspecified atom stereocenters. The van der Waals surface area contributed by atoms with Crippen LogP contribution in [0.3, 0.4) is 0 Å². The van der Waals surface area contributed by atoms with Gasteiger partial charge in [-0.25, -0.2) is 4.39 Å².